The van der Waals surface area contributed by atoms with Crippen molar-refractivity contribution in [2.75, 3.05) is 40.9 Å². The third-order valence-corrected chi connectivity index (χ3v) is 6.70. The van der Waals surface area contributed by atoms with Crippen LogP contribution in [0.3, 0.4) is 0 Å². The summed E-state index contributed by atoms with van der Waals surface area (Å²) < 4.78 is 10.8. The summed E-state index contributed by atoms with van der Waals surface area (Å²) in [5.74, 6) is 1.43. The van der Waals surface area contributed by atoms with Crippen LogP contribution in [0.1, 0.15) is 24.0 Å². The summed E-state index contributed by atoms with van der Waals surface area (Å²) in [7, 11) is 5.04. The maximum Gasteiger partial charge on any atom is 0.327 e. The first kappa shape index (κ1) is 22.9. The van der Waals surface area contributed by atoms with Crippen molar-refractivity contribution in [2.24, 2.45) is 0 Å². The van der Waals surface area contributed by atoms with Gasteiger partial charge in [0.15, 0.2) is 0 Å². The van der Waals surface area contributed by atoms with E-state index in [1.165, 1.54) is 4.90 Å². The Hall–Kier alpha value is -3.32. The fourth-order valence-electron chi connectivity index (χ4n) is 4.71. The van der Waals surface area contributed by atoms with Gasteiger partial charge in [0.05, 0.1) is 14.2 Å². The second-order valence-electron chi connectivity index (χ2n) is 8.60. The zero-order valence-corrected chi connectivity index (χ0v) is 19.5. The van der Waals surface area contributed by atoms with Crippen LogP contribution < -0.4 is 9.47 Å². The van der Waals surface area contributed by atoms with E-state index in [0.717, 1.165) is 42.3 Å². The van der Waals surface area contributed by atoms with Crippen LogP contribution in [-0.4, -0.2) is 73.1 Å². The summed E-state index contributed by atoms with van der Waals surface area (Å²) in [6.07, 6.45) is 5.06. The molecule has 2 aliphatic heterocycles. The summed E-state index contributed by atoms with van der Waals surface area (Å²) in [4.78, 5) is 31.6. The molecule has 0 N–H and O–H groups in total. The van der Waals surface area contributed by atoms with Gasteiger partial charge in [-0.3, -0.25) is 14.6 Å². The minimum Gasteiger partial charge on any atom is -0.497 e. The van der Waals surface area contributed by atoms with Crippen LogP contribution in [-0.2, 0) is 11.3 Å². The Kier molecular flexibility index (Phi) is 6.70. The monoisotopic (exact) mass is 449 g/mol. The number of benzene rings is 2. The molecule has 0 aliphatic carbocycles. The maximum absolute atomic E-state index is 13.4. The summed E-state index contributed by atoms with van der Waals surface area (Å²) in [6, 6.07) is 15.5. The van der Waals surface area contributed by atoms with Gasteiger partial charge in [-0.1, -0.05) is 42.5 Å². The van der Waals surface area contributed by atoms with Crippen molar-refractivity contribution in [1.82, 2.24) is 14.7 Å². The molecule has 7 heteroatoms. The number of nitrogens with zero attached hydrogens (tertiary/aromatic N) is 3. The van der Waals surface area contributed by atoms with Crippen molar-refractivity contribution in [3.05, 3.63) is 65.7 Å². The highest BCUT2D eigenvalue weighted by Crippen LogP contribution is 2.36. The first-order valence-corrected chi connectivity index (χ1v) is 11.2. The lowest BCUT2D eigenvalue weighted by Gasteiger charge is -2.40. The Morgan fingerprint density at radius 1 is 0.970 bits per heavy atom. The SMILES string of the molecule is COc1cc(CN2CCC3(CC2)C(=O)N(CC=Cc2ccccc2)C(=O)N3C)cc(OC)c1. The minimum atomic E-state index is -0.750. The number of likely N-dealkylation sites (N-methyl/N-ethyl adjacent to an activating group) is 1. The summed E-state index contributed by atoms with van der Waals surface area (Å²) in [5.41, 5.74) is 1.39. The van der Waals surface area contributed by atoms with Crippen molar-refractivity contribution in [3.63, 3.8) is 0 Å². The smallest absolute Gasteiger partial charge is 0.327 e. The van der Waals surface area contributed by atoms with Crippen molar-refractivity contribution < 1.29 is 19.1 Å². The number of hydrogen-bond acceptors (Lipinski definition) is 5. The van der Waals surface area contributed by atoms with Gasteiger partial charge in [0, 0.05) is 39.3 Å². The second kappa shape index (κ2) is 9.67. The molecule has 2 saturated heterocycles. The molecular formula is C26H31N3O4. The highest BCUT2D eigenvalue weighted by molar-refractivity contribution is 6.07. The number of imide groups is 1. The van der Waals surface area contributed by atoms with E-state index in [9.17, 15) is 9.59 Å². The van der Waals surface area contributed by atoms with Crippen LogP contribution in [0.2, 0.25) is 0 Å². The number of likely N-dealkylation sites (tertiary alicyclic amines) is 1. The second-order valence-corrected chi connectivity index (χ2v) is 8.60. The molecule has 2 aromatic rings. The van der Waals surface area contributed by atoms with Gasteiger partial charge in [0.2, 0.25) is 0 Å². The molecule has 1 spiro atoms. The van der Waals surface area contributed by atoms with Crippen molar-refractivity contribution in [3.8, 4) is 11.5 Å². The predicted molar refractivity (Wildman–Crippen MR) is 127 cm³/mol. The molecule has 0 radical (unpaired) electrons. The highest BCUT2D eigenvalue weighted by atomic mass is 16.5. The van der Waals surface area contributed by atoms with E-state index in [1.807, 2.05) is 60.7 Å². The average molecular weight is 450 g/mol. The van der Waals surface area contributed by atoms with E-state index in [-0.39, 0.29) is 18.5 Å². The molecule has 0 unspecified atom stereocenters. The summed E-state index contributed by atoms with van der Waals surface area (Å²) in [5, 5.41) is 0. The molecule has 7 nitrogen and oxygen atoms in total. The standard InChI is InChI=1S/C26H31N3O4/c1-27-25(31)29(13-7-10-20-8-5-4-6-9-20)24(30)26(27)11-14-28(15-12-26)19-21-16-22(32-2)18-23(17-21)33-3/h4-10,16-18H,11-15,19H2,1-3H3. The zero-order valence-electron chi connectivity index (χ0n) is 19.5. The van der Waals surface area contributed by atoms with Gasteiger partial charge in [0.1, 0.15) is 17.0 Å². The van der Waals surface area contributed by atoms with Gasteiger partial charge in [-0.15, -0.1) is 0 Å². The van der Waals surface area contributed by atoms with Gasteiger partial charge < -0.3 is 14.4 Å². The number of carbonyl (C=O) groups is 2. The lowest BCUT2D eigenvalue weighted by Crippen LogP contribution is -2.55. The number of methoxy groups -OCH3 is 2. The van der Waals surface area contributed by atoms with Gasteiger partial charge in [-0.25, -0.2) is 4.79 Å². The third kappa shape index (κ3) is 4.59. The van der Waals surface area contributed by atoms with Crippen LogP contribution in [0, 0.1) is 0 Å². The van der Waals surface area contributed by atoms with E-state index < -0.39 is 5.54 Å². The van der Waals surface area contributed by atoms with Crippen LogP contribution >= 0.6 is 0 Å². The van der Waals surface area contributed by atoms with Crippen molar-refractivity contribution in [2.45, 2.75) is 24.9 Å². The number of urea groups is 1. The number of amides is 3. The largest absolute Gasteiger partial charge is 0.497 e. The van der Waals surface area contributed by atoms with Crippen LogP contribution in [0.15, 0.2) is 54.6 Å². The van der Waals surface area contributed by atoms with Gasteiger partial charge in [-0.05, 0) is 36.1 Å². The predicted octanol–water partition coefficient (Wildman–Crippen LogP) is 3.65. The number of piperidine rings is 1. The molecule has 0 bridgehead atoms. The molecule has 4 rings (SSSR count). The van der Waals surface area contributed by atoms with Crippen molar-refractivity contribution >= 4 is 18.0 Å². The van der Waals surface area contributed by atoms with Gasteiger partial charge in [0.25, 0.3) is 5.91 Å². The van der Waals surface area contributed by atoms with E-state index >= 15 is 0 Å². The van der Waals surface area contributed by atoms with Gasteiger partial charge in [-0.2, -0.15) is 0 Å². The molecule has 2 heterocycles. The number of hydrogen-bond donors (Lipinski definition) is 0. The Morgan fingerprint density at radius 2 is 1.61 bits per heavy atom. The molecule has 2 aromatic carbocycles. The normalized spacial score (nSPS) is 18.5. The topological polar surface area (TPSA) is 62.3 Å². The molecule has 2 aliphatic rings. The lowest BCUT2D eigenvalue weighted by molar-refractivity contribution is -0.135. The van der Waals surface area contributed by atoms with Crippen LogP contribution in [0.5, 0.6) is 11.5 Å². The molecular weight excluding hydrogens is 418 g/mol. The molecule has 3 amide bonds. The Morgan fingerprint density at radius 3 is 2.21 bits per heavy atom. The number of rotatable bonds is 7. The van der Waals surface area contributed by atoms with Crippen LogP contribution in [0.4, 0.5) is 4.79 Å². The van der Waals surface area contributed by atoms with Crippen molar-refractivity contribution in [1.29, 1.82) is 0 Å². The average Bonchev–Trinajstić information content (AvgIpc) is 3.02. The van der Waals surface area contributed by atoms with E-state index in [4.69, 9.17) is 9.47 Å². The lowest BCUT2D eigenvalue weighted by atomic mass is 9.86. The molecule has 2 fully saturated rings. The highest BCUT2D eigenvalue weighted by Gasteiger charge is 2.56. The first-order chi connectivity index (χ1) is 16.0. The molecule has 33 heavy (non-hydrogen) atoms. The van der Waals surface area contributed by atoms with Gasteiger partial charge >= 0.3 is 6.03 Å². The maximum atomic E-state index is 13.4. The third-order valence-electron chi connectivity index (χ3n) is 6.70. The Bertz CT molecular complexity index is 1010. The Labute approximate surface area is 195 Å². The molecule has 0 aromatic heterocycles. The van der Waals surface area contributed by atoms with E-state index in [2.05, 4.69) is 4.90 Å². The zero-order chi connectivity index (χ0) is 23.4. The molecule has 0 atom stereocenters. The fourth-order valence-corrected chi connectivity index (χ4v) is 4.71. The van der Waals surface area contributed by atoms with Crippen LogP contribution in [0.25, 0.3) is 6.08 Å². The fraction of sp³-hybridized carbons (Fsp3) is 0.385. The number of carbonyl (C=O) groups excluding carboxylic acids is 2. The first-order valence-electron chi connectivity index (χ1n) is 11.2. The van der Waals surface area contributed by atoms with E-state index in [1.54, 1.807) is 26.2 Å². The number of ether oxygens (including phenoxy) is 2. The quantitative estimate of drug-likeness (QED) is 0.604. The molecule has 174 valence electrons. The summed E-state index contributed by atoms with van der Waals surface area (Å²) in [6.45, 7) is 2.48. The molecule has 0 saturated carbocycles. The summed E-state index contributed by atoms with van der Waals surface area (Å²) >= 11 is 0. The van der Waals surface area contributed by atoms with E-state index in [0.29, 0.717) is 12.8 Å². The minimum absolute atomic E-state index is 0.0876. The Balaban J connectivity index is 1.40.